The van der Waals surface area contributed by atoms with E-state index in [0.29, 0.717) is 25.2 Å². The number of hydrogen-bond donors (Lipinski definition) is 1. The topological polar surface area (TPSA) is 83.5 Å². The molecule has 3 aliphatic heterocycles. The van der Waals surface area contributed by atoms with Crippen molar-refractivity contribution in [3.63, 3.8) is 0 Å². The van der Waals surface area contributed by atoms with Gasteiger partial charge in [-0.3, -0.25) is 4.79 Å². The van der Waals surface area contributed by atoms with Crippen LogP contribution in [0, 0.1) is 5.82 Å². The van der Waals surface area contributed by atoms with Gasteiger partial charge in [0.15, 0.2) is 17.7 Å². The number of ether oxygens (including phenoxy) is 2. The molecule has 2 aromatic rings. The summed E-state index contributed by atoms with van der Waals surface area (Å²) in [5.74, 6) is -0.610. The van der Waals surface area contributed by atoms with Crippen molar-refractivity contribution in [1.29, 1.82) is 0 Å². The third-order valence-electron chi connectivity index (χ3n) is 5.59. The summed E-state index contributed by atoms with van der Waals surface area (Å²) in [4.78, 5) is 26.3. The molecule has 1 saturated heterocycles. The lowest BCUT2D eigenvalue weighted by Gasteiger charge is -2.41. The summed E-state index contributed by atoms with van der Waals surface area (Å²) in [5, 5.41) is 8.40. The minimum absolute atomic E-state index is 0.00987. The summed E-state index contributed by atoms with van der Waals surface area (Å²) in [6.45, 7) is 2.23. The van der Waals surface area contributed by atoms with Gasteiger partial charge in [0.05, 0.1) is 24.8 Å². The van der Waals surface area contributed by atoms with Crippen LogP contribution in [0.4, 0.5) is 14.9 Å². The van der Waals surface area contributed by atoms with E-state index >= 15 is 0 Å². The highest BCUT2D eigenvalue weighted by atomic mass is 19.1. The van der Waals surface area contributed by atoms with Gasteiger partial charge in [-0.15, -0.1) is 0 Å². The molecule has 2 aromatic carbocycles. The van der Waals surface area contributed by atoms with Crippen molar-refractivity contribution in [1.82, 2.24) is 9.91 Å². The number of rotatable bonds is 3. The number of hydrazone groups is 1. The molecule has 0 aromatic heterocycles. The summed E-state index contributed by atoms with van der Waals surface area (Å²) < 4.78 is 25.6. The van der Waals surface area contributed by atoms with Crippen molar-refractivity contribution in [2.45, 2.75) is 31.6 Å². The Kier molecular flexibility index (Phi) is 4.72. The molecule has 0 bridgehead atoms. The summed E-state index contributed by atoms with van der Waals surface area (Å²) in [5.41, 5.74) is 1.39. The van der Waals surface area contributed by atoms with Crippen LogP contribution >= 0.6 is 0 Å². The predicted octanol–water partition coefficient (Wildman–Crippen LogP) is 3.16. The molecule has 0 saturated carbocycles. The van der Waals surface area contributed by atoms with Crippen LogP contribution < -0.4 is 14.8 Å². The molecule has 0 radical (unpaired) electrons. The highest BCUT2D eigenvalue weighted by molar-refractivity contribution is 5.97. The van der Waals surface area contributed by atoms with E-state index in [0.717, 1.165) is 5.56 Å². The molecule has 3 aliphatic rings. The SMILES string of the molecule is CC1Oc2cc(F)c(OC3CN(C(=O)N4N=CC[C@H]4c4ccccc4)C3)cc2NC1=O. The van der Waals surface area contributed by atoms with Crippen LogP contribution in [0.2, 0.25) is 0 Å². The Balaban J connectivity index is 1.22. The Morgan fingerprint density at radius 3 is 2.81 bits per heavy atom. The fraction of sp³-hybridized carbons (Fsp3) is 0.318. The van der Waals surface area contributed by atoms with Crippen LogP contribution in [0.25, 0.3) is 0 Å². The molecule has 160 valence electrons. The smallest absolute Gasteiger partial charge is 0.341 e. The number of nitrogens with zero attached hydrogens (tertiary/aromatic N) is 3. The zero-order valence-electron chi connectivity index (χ0n) is 16.8. The van der Waals surface area contributed by atoms with Gasteiger partial charge in [0.2, 0.25) is 0 Å². The number of likely N-dealkylation sites (tertiary alicyclic amines) is 1. The maximum Gasteiger partial charge on any atom is 0.341 e. The first-order chi connectivity index (χ1) is 15.0. The van der Waals surface area contributed by atoms with E-state index in [1.165, 1.54) is 17.1 Å². The van der Waals surface area contributed by atoms with Crippen LogP contribution in [0.5, 0.6) is 11.5 Å². The largest absolute Gasteiger partial charge is 0.484 e. The van der Waals surface area contributed by atoms with E-state index in [9.17, 15) is 14.0 Å². The van der Waals surface area contributed by atoms with E-state index in [1.54, 1.807) is 18.0 Å². The van der Waals surface area contributed by atoms with E-state index in [1.807, 2.05) is 30.3 Å². The van der Waals surface area contributed by atoms with Gasteiger partial charge in [0.25, 0.3) is 5.91 Å². The predicted molar refractivity (Wildman–Crippen MR) is 111 cm³/mol. The van der Waals surface area contributed by atoms with E-state index < -0.39 is 11.9 Å². The number of urea groups is 1. The second-order valence-corrected chi connectivity index (χ2v) is 7.76. The van der Waals surface area contributed by atoms with E-state index in [-0.39, 0.29) is 35.6 Å². The number of hydrogen-bond acceptors (Lipinski definition) is 5. The zero-order chi connectivity index (χ0) is 21.5. The zero-order valence-corrected chi connectivity index (χ0v) is 16.8. The number of fused-ring (bicyclic) bond motifs is 1. The normalized spacial score (nSPS) is 22.5. The minimum Gasteiger partial charge on any atom is -0.484 e. The molecule has 3 amide bonds. The van der Waals surface area contributed by atoms with Gasteiger partial charge in [-0.2, -0.15) is 5.10 Å². The molecular weight excluding hydrogens is 403 g/mol. The van der Waals surface area contributed by atoms with Crippen molar-refractivity contribution in [2.24, 2.45) is 5.10 Å². The van der Waals surface area contributed by atoms with Crippen molar-refractivity contribution in [3.8, 4) is 11.5 Å². The molecule has 2 atom stereocenters. The van der Waals surface area contributed by atoms with Crippen LogP contribution in [0.3, 0.4) is 0 Å². The first-order valence-corrected chi connectivity index (χ1v) is 10.1. The number of benzene rings is 2. The van der Waals surface area contributed by atoms with Gasteiger partial charge in [0, 0.05) is 24.8 Å². The molecule has 31 heavy (non-hydrogen) atoms. The number of halogens is 1. The first-order valence-electron chi connectivity index (χ1n) is 10.1. The highest BCUT2D eigenvalue weighted by Gasteiger charge is 2.39. The average molecular weight is 424 g/mol. The summed E-state index contributed by atoms with van der Waals surface area (Å²) in [6, 6.07) is 12.0. The number of carbonyl (C=O) groups is 2. The lowest BCUT2D eigenvalue weighted by molar-refractivity contribution is -0.122. The minimum atomic E-state index is -0.683. The summed E-state index contributed by atoms with van der Waals surface area (Å²) in [6.07, 6.45) is 1.37. The lowest BCUT2D eigenvalue weighted by Crippen LogP contribution is -2.58. The van der Waals surface area contributed by atoms with Gasteiger partial charge in [-0.1, -0.05) is 30.3 Å². The molecular formula is C22H21FN4O4. The van der Waals surface area contributed by atoms with Crippen LogP contribution in [0.15, 0.2) is 47.6 Å². The molecule has 1 fully saturated rings. The van der Waals surface area contributed by atoms with Crippen molar-refractivity contribution in [3.05, 3.63) is 53.8 Å². The van der Waals surface area contributed by atoms with Crippen LogP contribution in [0.1, 0.15) is 24.9 Å². The van der Waals surface area contributed by atoms with Gasteiger partial charge >= 0.3 is 6.03 Å². The van der Waals surface area contributed by atoms with Crippen LogP contribution in [-0.4, -0.2) is 53.4 Å². The van der Waals surface area contributed by atoms with Gasteiger partial charge in [0.1, 0.15) is 11.9 Å². The van der Waals surface area contributed by atoms with Gasteiger partial charge in [-0.05, 0) is 12.5 Å². The summed E-state index contributed by atoms with van der Waals surface area (Å²) >= 11 is 0. The monoisotopic (exact) mass is 424 g/mol. The standard InChI is InChI=1S/C22H21FN4O4/c1-13-21(28)25-17-10-19(16(23)9-20(17)30-13)31-15-11-26(12-15)22(29)27-18(7-8-24-27)14-5-3-2-4-6-14/h2-6,8-10,13,15,18H,7,11-12H2,1H3,(H,25,28)/t13?,18-/m0/s1. The van der Waals surface area contributed by atoms with E-state index in [2.05, 4.69) is 10.4 Å². The van der Waals surface area contributed by atoms with Crippen molar-refractivity contribution in [2.75, 3.05) is 18.4 Å². The molecule has 1 N–H and O–H groups in total. The van der Waals surface area contributed by atoms with Crippen molar-refractivity contribution >= 4 is 23.8 Å². The Bertz CT molecular complexity index is 1050. The Labute approximate surface area is 178 Å². The second kappa shape index (κ2) is 7.57. The quantitative estimate of drug-likeness (QED) is 0.821. The van der Waals surface area contributed by atoms with Crippen molar-refractivity contribution < 1.29 is 23.5 Å². The number of anilines is 1. The molecule has 3 heterocycles. The molecule has 5 rings (SSSR count). The first kappa shape index (κ1) is 19.3. The highest BCUT2D eigenvalue weighted by Crippen LogP contribution is 2.36. The molecule has 8 nitrogen and oxygen atoms in total. The average Bonchev–Trinajstić information content (AvgIpc) is 3.22. The Hall–Kier alpha value is -3.62. The summed E-state index contributed by atoms with van der Waals surface area (Å²) in [7, 11) is 0. The maximum absolute atomic E-state index is 14.4. The number of nitrogens with one attached hydrogen (secondary N) is 1. The van der Waals surface area contributed by atoms with Gasteiger partial charge < -0.3 is 19.7 Å². The number of carbonyl (C=O) groups excluding carboxylic acids is 2. The van der Waals surface area contributed by atoms with E-state index in [4.69, 9.17) is 9.47 Å². The Morgan fingerprint density at radius 1 is 1.26 bits per heavy atom. The van der Waals surface area contributed by atoms with Crippen LogP contribution in [-0.2, 0) is 4.79 Å². The molecule has 9 heteroatoms. The molecule has 1 unspecified atom stereocenters. The Morgan fingerprint density at radius 2 is 2.03 bits per heavy atom. The molecule has 0 aliphatic carbocycles. The lowest BCUT2D eigenvalue weighted by atomic mass is 10.0. The second-order valence-electron chi connectivity index (χ2n) is 7.76. The van der Waals surface area contributed by atoms with Gasteiger partial charge in [-0.25, -0.2) is 14.2 Å². The third kappa shape index (κ3) is 3.56. The number of amides is 3. The fourth-order valence-corrected chi connectivity index (χ4v) is 3.84. The third-order valence-corrected chi connectivity index (χ3v) is 5.59. The maximum atomic E-state index is 14.4. The fourth-order valence-electron chi connectivity index (χ4n) is 3.84. The molecule has 0 spiro atoms.